The van der Waals surface area contributed by atoms with Crippen LogP contribution in [0.2, 0.25) is 0 Å². The molecule has 39 heavy (non-hydrogen) atoms. The third-order valence-corrected chi connectivity index (χ3v) is 15.7. The number of sulfonamides is 1. The van der Waals surface area contributed by atoms with Crippen LogP contribution in [0.3, 0.4) is 0 Å². The Morgan fingerprint density at radius 2 is 1.21 bits per heavy atom. The smallest absolute Gasteiger partial charge is 0.242 e. The van der Waals surface area contributed by atoms with Crippen molar-refractivity contribution in [1.82, 2.24) is 0 Å². The highest BCUT2D eigenvalue weighted by atomic mass is 32.3. The fraction of sp³-hybridized carbons (Fsp3) is 0.226. The van der Waals surface area contributed by atoms with Crippen LogP contribution in [0.15, 0.2) is 139 Å². The van der Waals surface area contributed by atoms with Gasteiger partial charge in [-0.05, 0) is 61.4 Å². The van der Waals surface area contributed by atoms with Crippen molar-refractivity contribution in [2.24, 2.45) is 15.6 Å². The van der Waals surface area contributed by atoms with Crippen LogP contribution >= 0.6 is 23.5 Å². The average molecular weight is 594 g/mol. The van der Waals surface area contributed by atoms with Crippen molar-refractivity contribution in [3.8, 4) is 0 Å². The van der Waals surface area contributed by atoms with Gasteiger partial charge >= 0.3 is 0 Å². The van der Waals surface area contributed by atoms with Gasteiger partial charge in [0.15, 0.2) is 0 Å². The summed E-state index contributed by atoms with van der Waals surface area (Å²) >= 11 is 3.17. The van der Waals surface area contributed by atoms with Gasteiger partial charge in [0.25, 0.3) is 10.0 Å². The molecular formula is C31H31NO3S4. The monoisotopic (exact) mass is 593 g/mol. The van der Waals surface area contributed by atoms with Gasteiger partial charge in [0.05, 0.1) is 4.90 Å². The lowest BCUT2D eigenvalue weighted by Crippen LogP contribution is -2.27. The highest BCUT2D eigenvalue weighted by Crippen LogP contribution is 2.70. The summed E-state index contributed by atoms with van der Waals surface area (Å²) in [6.45, 7) is 6.14. The first-order chi connectivity index (χ1) is 18.7. The van der Waals surface area contributed by atoms with E-state index < -0.39 is 23.8 Å². The second kappa shape index (κ2) is 11.2. The van der Waals surface area contributed by atoms with E-state index in [1.165, 1.54) is 11.8 Å². The minimum atomic E-state index is -4.24. The first-order valence-electron chi connectivity index (χ1n) is 12.8. The Hall–Kier alpha value is -2.52. The maximum Gasteiger partial charge on any atom is 0.290 e. The van der Waals surface area contributed by atoms with E-state index in [1.54, 1.807) is 60.3 Å². The molecule has 1 aliphatic carbocycles. The third kappa shape index (κ3) is 5.44. The molecule has 202 valence electrons. The molecule has 4 nitrogen and oxygen atoms in total. The maximum atomic E-state index is 15.7. The molecule has 0 aliphatic heterocycles. The van der Waals surface area contributed by atoms with Gasteiger partial charge in [-0.2, -0.15) is 8.42 Å². The molecular weight excluding hydrogens is 563 g/mol. The molecule has 5 rings (SSSR count). The summed E-state index contributed by atoms with van der Waals surface area (Å²) in [5.41, 5.74) is 0.940. The Kier molecular flexibility index (Phi) is 8.02. The molecule has 1 aliphatic rings. The number of benzene rings is 4. The maximum absolute atomic E-state index is 15.7. The van der Waals surface area contributed by atoms with Crippen LogP contribution < -0.4 is 0 Å². The van der Waals surface area contributed by atoms with E-state index in [-0.39, 0.29) is 22.0 Å². The zero-order chi connectivity index (χ0) is 27.7. The number of thioether (sulfide) groups is 2. The third-order valence-electron chi connectivity index (χ3n) is 6.84. The Morgan fingerprint density at radius 3 is 1.74 bits per heavy atom. The van der Waals surface area contributed by atoms with Crippen molar-refractivity contribution >= 4 is 43.3 Å². The summed E-state index contributed by atoms with van der Waals surface area (Å²) < 4.78 is 46.8. The highest BCUT2D eigenvalue weighted by molar-refractivity contribution is 8.19. The lowest BCUT2D eigenvalue weighted by molar-refractivity contribution is 0.557. The molecule has 0 aromatic heterocycles. The summed E-state index contributed by atoms with van der Waals surface area (Å²) in [5.74, 6) is 0.0850. The molecule has 8 heteroatoms. The Balaban J connectivity index is 1.78. The fourth-order valence-corrected chi connectivity index (χ4v) is 15.0. The number of nitrogens with zero attached hydrogens (tertiary/aromatic N) is 1. The van der Waals surface area contributed by atoms with Crippen molar-refractivity contribution in [2.75, 3.05) is 0 Å². The molecule has 0 amide bonds. The number of rotatable bonds is 9. The van der Waals surface area contributed by atoms with Gasteiger partial charge in [0.2, 0.25) is 0 Å². The standard InChI is InChI=1S/C31H31NO3S4/c1-23(2)29-30(36-25-13-7-4-8-14-25)31(29,37-26-15-9-5-10-16-26)38(33,27-17-11-6-12-18-27)32-39(34,35)28-21-19-24(3)20-22-28/h4-23,29-30H,1-3H3/t29-,30+,31+,38-/m1/s1. The zero-order valence-corrected chi connectivity index (χ0v) is 25.3. The van der Waals surface area contributed by atoms with Gasteiger partial charge in [0.1, 0.15) is 13.8 Å². The van der Waals surface area contributed by atoms with E-state index in [4.69, 9.17) is 0 Å². The van der Waals surface area contributed by atoms with Crippen LogP contribution in [0.5, 0.6) is 0 Å². The van der Waals surface area contributed by atoms with E-state index >= 15 is 4.21 Å². The van der Waals surface area contributed by atoms with E-state index in [9.17, 15) is 8.42 Å². The van der Waals surface area contributed by atoms with Crippen molar-refractivity contribution in [2.45, 2.75) is 49.7 Å². The van der Waals surface area contributed by atoms with Gasteiger partial charge in [-0.3, -0.25) is 0 Å². The second-order valence-corrected chi connectivity index (χ2v) is 17.0. The molecule has 0 bridgehead atoms. The quantitative estimate of drug-likeness (QED) is 0.196. The van der Waals surface area contributed by atoms with Gasteiger partial charge in [0, 0.05) is 25.9 Å². The molecule has 4 aromatic carbocycles. The van der Waals surface area contributed by atoms with Crippen LogP contribution in [0.4, 0.5) is 0 Å². The number of hydrogen-bond acceptors (Lipinski definition) is 5. The van der Waals surface area contributed by atoms with Crippen LogP contribution in [0, 0.1) is 18.8 Å². The number of aryl methyl sites for hydroxylation is 1. The molecule has 4 aromatic rings. The normalized spacial score (nSPS) is 22.3. The summed E-state index contributed by atoms with van der Waals surface area (Å²) in [4.78, 5) is 2.47. The molecule has 0 saturated heterocycles. The van der Waals surface area contributed by atoms with Gasteiger partial charge < -0.3 is 0 Å². The average Bonchev–Trinajstić information content (AvgIpc) is 3.58. The minimum absolute atomic E-state index is 0.0469. The predicted octanol–water partition coefficient (Wildman–Crippen LogP) is 8.15. The summed E-state index contributed by atoms with van der Waals surface area (Å²) in [6, 6.07) is 35.4. The van der Waals surface area contributed by atoms with Gasteiger partial charge in [-0.25, -0.2) is 4.21 Å². The SMILES string of the molecule is Cc1ccc(S(=O)(=O)N=[S@@](=O)(c2ccccc2)[C@@]2(Sc3ccccc3)[C@H](C(C)C)[C@@H]2Sc2ccccc2)cc1. The summed E-state index contributed by atoms with van der Waals surface area (Å²) in [6.07, 6.45) is 0. The topological polar surface area (TPSA) is 63.6 Å². The lowest BCUT2D eigenvalue weighted by atomic mass is 10.1. The zero-order valence-electron chi connectivity index (χ0n) is 22.0. The van der Waals surface area contributed by atoms with Crippen molar-refractivity contribution < 1.29 is 12.6 Å². The largest absolute Gasteiger partial charge is 0.290 e. The predicted molar refractivity (Wildman–Crippen MR) is 163 cm³/mol. The van der Waals surface area contributed by atoms with E-state index in [0.29, 0.717) is 4.90 Å². The molecule has 0 unspecified atom stereocenters. The Morgan fingerprint density at radius 1 is 0.692 bits per heavy atom. The number of hydrogen-bond donors (Lipinski definition) is 0. The first-order valence-corrected chi connectivity index (χ1v) is 17.4. The summed E-state index contributed by atoms with van der Waals surface area (Å²) in [5, 5.41) is -0.130. The van der Waals surface area contributed by atoms with Crippen LogP contribution in [-0.2, 0) is 19.8 Å². The van der Waals surface area contributed by atoms with E-state index in [1.807, 2.05) is 73.7 Å². The Bertz CT molecular complexity index is 1650. The molecule has 0 spiro atoms. The van der Waals surface area contributed by atoms with Crippen LogP contribution in [0.25, 0.3) is 0 Å². The van der Waals surface area contributed by atoms with Crippen molar-refractivity contribution in [3.05, 3.63) is 121 Å². The highest BCUT2D eigenvalue weighted by Gasteiger charge is 2.73. The van der Waals surface area contributed by atoms with E-state index in [2.05, 4.69) is 17.6 Å². The molecule has 1 saturated carbocycles. The van der Waals surface area contributed by atoms with Crippen molar-refractivity contribution in [3.63, 3.8) is 0 Å². The van der Waals surface area contributed by atoms with E-state index in [0.717, 1.165) is 15.4 Å². The molecule has 1 fully saturated rings. The Labute approximate surface area is 240 Å². The second-order valence-electron chi connectivity index (χ2n) is 9.96. The molecule has 0 radical (unpaired) electrons. The lowest BCUT2D eigenvalue weighted by Gasteiger charge is -2.24. The molecule has 0 heterocycles. The van der Waals surface area contributed by atoms with Crippen LogP contribution in [0.1, 0.15) is 19.4 Å². The van der Waals surface area contributed by atoms with Gasteiger partial charge in [-0.15, -0.1) is 27.3 Å². The molecule has 0 N–H and O–H groups in total. The first kappa shape index (κ1) is 28.0. The summed E-state index contributed by atoms with van der Waals surface area (Å²) in [7, 11) is -7.77. The van der Waals surface area contributed by atoms with Crippen LogP contribution in [-0.4, -0.2) is 22.0 Å². The minimum Gasteiger partial charge on any atom is -0.242 e. The van der Waals surface area contributed by atoms with Gasteiger partial charge in [-0.1, -0.05) is 86.1 Å². The molecule has 4 atom stereocenters. The fourth-order valence-electron chi connectivity index (χ4n) is 4.93. The van der Waals surface area contributed by atoms with Crippen molar-refractivity contribution in [1.29, 1.82) is 0 Å².